The van der Waals surface area contributed by atoms with Crippen molar-refractivity contribution in [3.8, 4) is 6.07 Å². The number of anilines is 2. The molecule has 4 N–H and O–H groups in total. The molecule has 0 bridgehead atoms. The Labute approximate surface area is 129 Å². The molecule has 1 heterocycles. The summed E-state index contributed by atoms with van der Waals surface area (Å²) in [6.07, 6.45) is 0.946. The summed E-state index contributed by atoms with van der Waals surface area (Å²) in [7, 11) is 3.63. The Balaban J connectivity index is 2.71. The summed E-state index contributed by atoms with van der Waals surface area (Å²) in [5, 5.41) is 15.5. The number of nitrogens with one attached hydrogen (secondary N) is 2. The van der Waals surface area contributed by atoms with Crippen LogP contribution in [0.1, 0.15) is 35.5 Å². The Bertz CT molecular complexity index is 532. The van der Waals surface area contributed by atoms with Gasteiger partial charge in [-0.05, 0) is 33.9 Å². The van der Waals surface area contributed by atoms with Gasteiger partial charge in [0, 0.05) is 19.6 Å². The van der Waals surface area contributed by atoms with E-state index in [2.05, 4.69) is 36.4 Å². The smallest absolute Gasteiger partial charge is 0.256 e. The number of nitrogen functional groups attached to an aromatic ring is 1. The van der Waals surface area contributed by atoms with Crippen LogP contribution >= 0.6 is 11.3 Å². The Kier molecular flexibility index (Phi) is 6.46. The van der Waals surface area contributed by atoms with Gasteiger partial charge in [0.05, 0.1) is 11.3 Å². The number of nitrogens with two attached hydrogens (primary N) is 1. The molecule has 0 aromatic carbocycles. The fourth-order valence-corrected chi connectivity index (χ4v) is 2.73. The van der Waals surface area contributed by atoms with Crippen molar-refractivity contribution in [3.05, 3.63) is 10.4 Å². The molecule has 1 aromatic heterocycles. The van der Waals surface area contributed by atoms with Gasteiger partial charge in [-0.25, -0.2) is 0 Å². The van der Waals surface area contributed by atoms with E-state index in [1.165, 1.54) is 11.3 Å². The minimum atomic E-state index is -0.271. The van der Waals surface area contributed by atoms with Gasteiger partial charge in [-0.2, -0.15) is 5.26 Å². The number of carbonyl (C=O) groups excluding carboxylic acids is 1. The van der Waals surface area contributed by atoms with Crippen molar-refractivity contribution in [2.75, 3.05) is 38.2 Å². The van der Waals surface area contributed by atoms with E-state index in [4.69, 9.17) is 11.0 Å². The second-order valence-corrected chi connectivity index (χ2v) is 6.12. The number of nitrogens with zero attached hydrogens (tertiary/aromatic N) is 2. The van der Waals surface area contributed by atoms with Crippen LogP contribution in [0.3, 0.4) is 0 Å². The summed E-state index contributed by atoms with van der Waals surface area (Å²) >= 11 is 1.22. The molecule has 0 atom stereocenters. The fourth-order valence-electron chi connectivity index (χ4n) is 1.79. The molecule has 7 heteroatoms. The van der Waals surface area contributed by atoms with Gasteiger partial charge in [0.15, 0.2) is 0 Å². The van der Waals surface area contributed by atoms with Gasteiger partial charge >= 0.3 is 0 Å². The molecule has 0 saturated carbocycles. The van der Waals surface area contributed by atoms with Crippen LogP contribution in [-0.2, 0) is 0 Å². The van der Waals surface area contributed by atoms with E-state index < -0.39 is 0 Å². The Morgan fingerprint density at radius 1 is 1.52 bits per heavy atom. The fraction of sp³-hybridized carbons (Fsp3) is 0.571. The van der Waals surface area contributed by atoms with E-state index in [0.29, 0.717) is 21.5 Å². The van der Waals surface area contributed by atoms with Gasteiger partial charge in [0.25, 0.3) is 5.91 Å². The summed E-state index contributed by atoms with van der Waals surface area (Å²) in [6.45, 7) is 5.99. The van der Waals surface area contributed by atoms with Crippen molar-refractivity contribution in [2.45, 2.75) is 26.3 Å². The highest BCUT2D eigenvalue weighted by Crippen LogP contribution is 2.35. The molecule has 116 valence electrons. The van der Waals surface area contributed by atoms with E-state index in [1.54, 1.807) is 7.05 Å². The lowest BCUT2D eigenvalue weighted by atomic mass is 10.2. The second kappa shape index (κ2) is 7.86. The van der Waals surface area contributed by atoms with Crippen LogP contribution in [0.25, 0.3) is 0 Å². The molecule has 0 fully saturated rings. The molecule has 1 aromatic rings. The first-order valence-electron chi connectivity index (χ1n) is 6.90. The topological polar surface area (TPSA) is 94.2 Å². The zero-order chi connectivity index (χ0) is 16.0. The van der Waals surface area contributed by atoms with Gasteiger partial charge in [-0.3, -0.25) is 4.79 Å². The first-order chi connectivity index (χ1) is 9.92. The van der Waals surface area contributed by atoms with Crippen LogP contribution in [-0.4, -0.2) is 44.0 Å². The number of amides is 1. The highest BCUT2D eigenvalue weighted by atomic mass is 32.1. The molecule has 0 aliphatic carbocycles. The molecule has 0 aliphatic heterocycles. The highest BCUT2D eigenvalue weighted by molar-refractivity contribution is 7.17. The molecule has 0 aliphatic rings. The highest BCUT2D eigenvalue weighted by Gasteiger charge is 2.21. The Morgan fingerprint density at radius 3 is 2.71 bits per heavy atom. The van der Waals surface area contributed by atoms with Gasteiger partial charge in [0.1, 0.15) is 15.9 Å². The van der Waals surface area contributed by atoms with Crippen molar-refractivity contribution in [2.24, 2.45) is 0 Å². The average Bonchev–Trinajstić information content (AvgIpc) is 2.78. The maximum Gasteiger partial charge on any atom is 0.256 e. The molecule has 1 amide bonds. The Morgan fingerprint density at radius 2 is 2.19 bits per heavy atom. The number of hydrogen-bond donors (Lipinski definition) is 3. The first kappa shape index (κ1) is 17.3. The van der Waals surface area contributed by atoms with Crippen molar-refractivity contribution >= 4 is 27.9 Å². The van der Waals surface area contributed by atoms with E-state index in [9.17, 15) is 4.79 Å². The standard InChI is InChI=1S/C14H23N5OS/c1-9(2)19(4)7-5-6-18-14-11(13(20)17-3)12(16)10(8-15)21-14/h9,18H,5-7,16H2,1-4H3,(H,17,20). The van der Waals surface area contributed by atoms with Crippen LogP contribution in [0.2, 0.25) is 0 Å². The number of carbonyl (C=O) groups is 1. The van der Waals surface area contributed by atoms with Gasteiger partial charge in [-0.15, -0.1) is 11.3 Å². The number of rotatable bonds is 7. The van der Waals surface area contributed by atoms with Crippen LogP contribution < -0.4 is 16.4 Å². The van der Waals surface area contributed by atoms with Crippen molar-refractivity contribution in [1.29, 1.82) is 5.26 Å². The molecular weight excluding hydrogens is 286 g/mol. The van der Waals surface area contributed by atoms with Crippen molar-refractivity contribution in [3.63, 3.8) is 0 Å². The Hall–Kier alpha value is -1.78. The maximum absolute atomic E-state index is 11.9. The second-order valence-electron chi connectivity index (χ2n) is 5.09. The monoisotopic (exact) mass is 309 g/mol. The molecule has 21 heavy (non-hydrogen) atoms. The van der Waals surface area contributed by atoms with Gasteiger partial charge < -0.3 is 21.3 Å². The van der Waals surface area contributed by atoms with E-state index >= 15 is 0 Å². The van der Waals surface area contributed by atoms with Crippen molar-refractivity contribution in [1.82, 2.24) is 10.2 Å². The van der Waals surface area contributed by atoms with Gasteiger partial charge in [0.2, 0.25) is 0 Å². The maximum atomic E-state index is 11.9. The van der Waals surface area contributed by atoms with E-state index in [0.717, 1.165) is 19.5 Å². The van der Waals surface area contributed by atoms with Gasteiger partial charge in [-0.1, -0.05) is 0 Å². The van der Waals surface area contributed by atoms with E-state index in [1.807, 2.05) is 6.07 Å². The third kappa shape index (κ3) is 4.34. The zero-order valence-electron chi connectivity index (χ0n) is 13.0. The number of thiophene rings is 1. The quantitative estimate of drug-likeness (QED) is 0.667. The predicted octanol–water partition coefficient (Wildman–Crippen LogP) is 1.70. The molecule has 0 saturated heterocycles. The summed E-state index contributed by atoms with van der Waals surface area (Å²) in [4.78, 5) is 14.5. The molecule has 0 spiro atoms. The largest absolute Gasteiger partial charge is 0.396 e. The minimum Gasteiger partial charge on any atom is -0.396 e. The molecular formula is C14H23N5OS. The van der Waals surface area contributed by atoms with E-state index in [-0.39, 0.29) is 11.6 Å². The van der Waals surface area contributed by atoms with Crippen LogP contribution in [0.4, 0.5) is 10.7 Å². The van der Waals surface area contributed by atoms with Crippen LogP contribution in [0.15, 0.2) is 0 Å². The number of hydrogen-bond acceptors (Lipinski definition) is 6. The first-order valence-corrected chi connectivity index (χ1v) is 7.72. The minimum absolute atomic E-state index is 0.253. The number of nitriles is 1. The van der Waals surface area contributed by atoms with Crippen LogP contribution in [0, 0.1) is 11.3 Å². The molecule has 1 rings (SSSR count). The average molecular weight is 309 g/mol. The lowest BCUT2D eigenvalue weighted by Gasteiger charge is -2.20. The molecule has 6 nitrogen and oxygen atoms in total. The normalized spacial score (nSPS) is 10.7. The molecule has 0 radical (unpaired) electrons. The summed E-state index contributed by atoms with van der Waals surface area (Å²) in [5.74, 6) is -0.271. The lowest BCUT2D eigenvalue weighted by Crippen LogP contribution is -2.28. The summed E-state index contributed by atoms with van der Waals surface area (Å²) in [5.41, 5.74) is 6.49. The zero-order valence-corrected chi connectivity index (χ0v) is 13.8. The summed E-state index contributed by atoms with van der Waals surface area (Å²) < 4.78 is 0. The predicted molar refractivity (Wildman–Crippen MR) is 87.7 cm³/mol. The molecule has 0 unspecified atom stereocenters. The van der Waals surface area contributed by atoms with Crippen LogP contribution in [0.5, 0.6) is 0 Å². The SMILES string of the molecule is CNC(=O)c1c(NCCCN(C)C(C)C)sc(C#N)c1N. The lowest BCUT2D eigenvalue weighted by molar-refractivity contribution is 0.0965. The third-order valence-corrected chi connectivity index (χ3v) is 4.42. The third-order valence-electron chi connectivity index (χ3n) is 3.36. The summed E-state index contributed by atoms with van der Waals surface area (Å²) in [6, 6.07) is 2.53. The van der Waals surface area contributed by atoms with Crippen molar-refractivity contribution < 1.29 is 4.79 Å².